The van der Waals surface area contributed by atoms with Crippen LogP contribution in [0.4, 0.5) is 0 Å². The van der Waals surface area contributed by atoms with Crippen molar-refractivity contribution < 1.29 is 14.6 Å². The van der Waals surface area contributed by atoms with Crippen LogP contribution in [0.15, 0.2) is 40.9 Å². The maximum atomic E-state index is 11.2. The lowest BCUT2D eigenvalue weighted by molar-refractivity contribution is 0.0691. The molecule has 0 aromatic heterocycles. The molecule has 0 amide bonds. The minimum Gasteiger partial charge on any atom is -0.487 e. The molecule has 0 saturated heterocycles. The third kappa shape index (κ3) is 3.45. The van der Waals surface area contributed by atoms with Gasteiger partial charge in [-0.1, -0.05) is 41.4 Å². The van der Waals surface area contributed by atoms with Gasteiger partial charge in [0.25, 0.3) is 0 Å². The molecule has 0 atom stereocenters. The predicted molar refractivity (Wildman–Crippen MR) is 81.9 cm³/mol. The van der Waals surface area contributed by atoms with Crippen molar-refractivity contribution in [3.8, 4) is 5.75 Å². The second-order valence-corrected chi connectivity index (χ2v) is 5.65. The van der Waals surface area contributed by atoms with Gasteiger partial charge >= 0.3 is 5.97 Å². The molecule has 0 fully saturated rings. The number of ether oxygens (including phenoxy) is 1. The number of aromatic carboxylic acids is 1. The van der Waals surface area contributed by atoms with Crippen LogP contribution in [-0.4, -0.2) is 11.1 Å². The topological polar surface area (TPSA) is 46.5 Å². The molecule has 2 rings (SSSR count). The molecule has 0 aliphatic heterocycles. The standard InChI is InChI=1S/C14H9BrCl2O3/c15-11-6-9(16)5-10(14(18)19)13(11)20-7-8-3-1-2-4-12(8)17/h1-6H,7H2,(H,18,19). The van der Waals surface area contributed by atoms with Crippen LogP contribution in [-0.2, 0) is 6.61 Å². The lowest BCUT2D eigenvalue weighted by Gasteiger charge is -2.12. The summed E-state index contributed by atoms with van der Waals surface area (Å²) < 4.78 is 6.06. The fourth-order valence-corrected chi connectivity index (χ4v) is 2.75. The summed E-state index contributed by atoms with van der Waals surface area (Å²) in [5.41, 5.74) is 0.767. The Balaban J connectivity index is 2.30. The zero-order chi connectivity index (χ0) is 14.7. The van der Waals surface area contributed by atoms with Crippen molar-refractivity contribution in [2.24, 2.45) is 0 Å². The van der Waals surface area contributed by atoms with Crippen molar-refractivity contribution in [3.63, 3.8) is 0 Å². The van der Waals surface area contributed by atoms with E-state index < -0.39 is 5.97 Å². The minimum atomic E-state index is -1.11. The van der Waals surface area contributed by atoms with Gasteiger partial charge in [0.1, 0.15) is 17.9 Å². The van der Waals surface area contributed by atoms with E-state index in [2.05, 4.69) is 15.9 Å². The number of hydrogen-bond acceptors (Lipinski definition) is 2. The van der Waals surface area contributed by atoms with Gasteiger partial charge < -0.3 is 9.84 Å². The molecule has 2 aromatic rings. The SMILES string of the molecule is O=C(O)c1cc(Cl)cc(Br)c1OCc1ccccc1Cl. The van der Waals surface area contributed by atoms with Gasteiger partial charge in [-0.2, -0.15) is 0 Å². The van der Waals surface area contributed by atoms with Gasteiger partial charge in [0, 0.05) is 15.6 Å². The van der Waals surface area contributed by atoms with E-state index >= 15 is 0 Å². The fourth-order valence-electron chi connectivity index (χ4n) is 1.63. The number of halogens is 3. The number of carboxylic acids is 1. The molecule has 0 unspecified atom stereocenters. The zero-order valence-electron chi connectivity index (χ0n) is 10.1. The Labute approximate surface area is 134 Å². The molecule has 20 heavy (non-hydrogen) atoms. The van der Waals surface area contributed by atoms with E-state index in [1.165, 1.54) is 6.07 Å². The highest BCUT2D eigenvalue weighted by Gasteiger charge is 2.16. The van der Waals surface area contributed by atoms with Gasteiger partial charge in [0.15, 0.2) is 0 Å². The summed E-state index contributed by atoms with van der Waals surface area (Å²) in [5, 5.41) is 10.1. The first-order chi connectivity index (χ1) is 9.49. The van der Waals surface area contributed by atoms with Gasteiger partial charge in [-0.25, -0.2) is 4.79 Å². The highest BCUT2D eigenvalue weighted by Crippen LogP contribution is 2.33. The molecule has 2 aromatic carbocycles. The summed E-state index contributed by atoms with van der Waals surface area (Å²) in [6.45, 7) is 0.167. The first-order valence-corrected chi connectivity index (χ1v) is 7.12. The molecule has 0 aliphatic rings. The van der Waals surface area contributed by atoms with Crippen LogP contribution in [0.25, 0.3) is 0 Å². The maximum absolute atomic E-state index is 11.2. The van der Waals surface area contributed by atoms with Gasteiger partial charge in [-0.3, -0.25) is 0 Å². The molecule has 3 nitrogen and oxygen atoms in total. The number of rotatable bonds is 4. The number of carboxylic acid groups (broad SMARTS) is 1. The second-order valence-electron chi connectivity index (χ2n) is 3.95. The summed E-state index contributed by atoms with van der Waals surface area (Å²) in [4.78, 5) is 11.2. The molecule has 1 N–H and O–H groups in total. The molecule has 6 heteroatoms. The van der Waals surface area contributed by atoms with E-state index in [0.29, 0.717) is 14.5 Å². The van der Waals surface area contributed by atoms with Gasteiger partial charge in [0.05, 0.1) is 4.47 Å². The Bertz CT molecular complexity index is 659. The van der Waals surface area contributed by atoms with Crippen molar-refractivity contribution in [2.45, 2.75) is 6.61 Å². The smallest absolute Gasteiger partial charge is 0.339 e. The summed E-state index contributed by atoms with van der Waals surface area (Å²) in [6.07, 6.45) is 0. The van der Waals surface area contributed by atoms with E-state index in [1.807, 2.05) is 18.2 Å². The predicted octanol–water partition coefficient (Wildman–Crippen LogP) is 5.03. The van der Waals surface area contributed by atoms with Crippen LogP contribution in [0.1, 0.15) is 15.9 Å². The van der Waals surface area contributed by atoms with Crippen molar-refractivity contribution >= 4 is 45.1 Å². The summed E-state index contributed by atoms with van der Waals surface area (Å²) >= 11 is 15.1. The van der Waals surface area contributed by atoms with Gasteiger partial charge in [0.2, 0.25) is 0 Å². The van der Waals surface area contributed by atoms with Gasteiger partial charge in [-0.15, -0.1) is 0 Å². The molecule has 0 radical (unpaired) electrons. The second kappa shape index (κ2) is 6.48. The highest BCUT2D eigenvalue weighted by molar-refractivity contribution is 9.10. The molecule has 0 spiro atoms. The number of hydrogen-bond donors (Lipinski definition) is 1. The van der Waals surface area contributed by atoms with Crippen molar-refractivity contribution in [1.29, 1.82) is 0 Å². The Morgan fingerprint density at radius 1 is 1.25 bits per heavy atom. The van der Waals surface area contributed by atoms with Crippen LogP contribution < -0.4 is 4.74 Å². The Morgan fingerprint density at radius 3 is 2.60 bits per heavy atom. The van der Waals surface area contributed by atoms with Crippen molar-refractivity contribution in [2.75, 3.05) is 0 Å². The lowest BCUT2D eigenvalue weighted by atomic mass is 10.2. The van der Waals surface area contributed by atoms with E-state index in [4.69, 9.17) is 27.9 Å². The first-order valence-electron chi connectivity index (χ1n) is 5.57. The zero-order valence-corrected chi connectivity index (χ0v) is 13.2. The molecule has 0 saturated carbocycles. The van der Waals surface area contributed by atoms with Gasteiger partial charge in [-0.05, 0) is 34.1 Å². The Kier molecular flexibility index (Phi) is 4.91. The normalized spacial score (nSPS) is 10.3. The molecule has 0 aliphatic carbocycles. The Morgan fingerprint density at radius 2 is 1.95 bits per heavy atom. The average molecular weight is 376 g/mol. The molecule has 0 bridgehead atoms. The van der Waals surface area contributed by atoms with Crippen molar-refractivity contribution in [1.82, 2.24) is 0 Å². The third-order valence-electron chi connectivity index (χ3n) is 2.57. The van der Waals surface area contributed by atoms with E-state index in [9.17, 15) is 9.90 Å². The monoisotopic (exact) mass is 374 g/mol. The minimum absolute atomic E-state index is 0.00331. The molecule has 0 heterocycles. The van der Waals surface area contributed by atoms with Crippen LogP contribution in [0.2, 0.25) is 10.0 Å². The Hall–Kier alpha value is -1.23. The van der Waals surface area contributed by atoms with E-state index in [0.717, 1.165) is 5.56 Å². The van der Waals surface area contributed by atoms with Crippen LogP contribution in [0.5, 0.6) is 5.75 Å². The maximum Gasteiger partial charge on any atom is 0.339 e. The lowest BCUT2D eigenvalue weighted by Crippen LogP contribution is -2.04. The third-order valence-corrected chi connectivity index (χ3v) is 3.74. The van der Waals surface area contributed by atoms with E-state index in [-0.39, 0.29) is 17.9 Å². The van der Waals surface area contributed by atoms with E-state index in [1.54, 1.807) is 12.1 Å². The number of carbonyl (C=O) groups is 1. The molecular formula is C14H9BrCl2O3. The van der Waals surface area contributed by atoms with Crippen LogP contribution in [0, 0.1) is 0 Å². The first kappa shape index (κ1) is 15.2. The molecular weight excluding hydrogens is 367 g/mol. The summed E-state index contributed by atoms with van der Waals surface area (Å²) in [5.74, 6) is -0.885. The largest absolute Gasteiger partial charge is 0.487 e. The summed E-state index contributed by atoms with van der Waals surface area (Å²) in [6, 6.07) is 10.1. The quantitative estimate of drug-likeness (QED) is 0.814. The highest BCUT2D eigenvalue weighted by atomic mass is 79.9. The van der Waals surface area contributed by atoms with Crippen LogP contribution in [0.3, 0.4) is 0 Å². The van der Waals surface area contributed by atoms with Crippen LogP contribution >= 0.6 is 39.1 Å². The fraction of sp³-hybridized carbons (Fsp3) is 0.0714. The number of benzene rings is 2. The molecule has 104 valence electrons. The summed E-state index contributed by atoms with van der Waals surface area (Å²) in [7, 11) is 0. The average Bonchev–Trinajstić information content (AvgIpc) is 2.38. The van der Waals surface area contributed by atoms with Crippen molar-refractivity contribution in [3.05, 3.63) is 62.0 Å².